The molecule has 136 valence electrons. The van der Waals surface area contributed by atoms with Gasteiger partial charge in [-0.2, -0.15) is 0 Å². The Morgan fingerprint density at radius 1 is 0.808 bits per heavy atom. The number of ether oxygens (including phenoxy) is 2. The zero-order valence-corrected chi connectivity index (χ0v) is 14.8. The van der Waals surface area contributed by atoms with Crippen LogP contribution in [0.15, 0.2) is 59.8 Å². The highest BCUT2D eigenvalue weighted by Crippen LogP contribution is 2.08. The molecule has 2 aromatic rings. The molecule has 0 aliphatic rings. The van der Waals surface area contributed by atoms with Crippen molar-refractivity contribution in [3.63, 3.8) is 0 Å². The highest BCUT2D eigenvalue weighted by atomic mass is 16.6. The molecule has 0 N–H and O–H groups in total. The molecule has 0 atom stereocenters. The van der Waals surface area contributed by atoms with Gasteiger partial charge in [-0.1, -0.05) is 59.8 Å². The summed E-state index contributed by atoms with van der Waals surface area (Å²) in [6.07, 6.45) is 0.547. The van der Waals surface area contributed by atoms with E-state index in [1.807, 2.05) is 54.6 Å². The van der Waals surface area contributed by atoms with E-state index in [-0.39, 0.29) is 24.7 Å². The topological polar surface area (TPSA) is 74.2 Å². The summed E-state index contributed by atoms with van der Waals surface area (Å²) in [6, 6.07) is 16.8. The molecule has 0 amide bonds. The summed E-state index contributed by atoms with van der Waals surface area (Å²) in [7, 11) is 2.67. The number of hydrogen-bond acceptors (Lipinski definition) is 6. The summed E-state index contributed by atoms with van der Waals surface area (Å²) in [5, 5.41) is 3.94. The number of hydrogen-bond donors (Lipinski definition) is 0. The number of carbonyl (C=O) groups excluding carboxylic acids is 2. The number of methoxy groups -OCH3 is 2. The Hall–Kier alpha value is -3.15. The molecule has 0 saturated carbocycles. The van der Waals surface area contributed by atoms with Crippen molar-refractivity contribution < 1.29 is 23.9 Å². The van der Waals surface area contributed by atoms with E-state index in [0.717, 1.165) is 16.7 Å². The smallest absolute Gasteiger partial charge is 0.356 e. The van der Waals surface area contributed by atoms with E-state index < -0.39 is 5.97 Å². The number of rotatable bonds is 8. The average molecular weight is 355 g/mol. The van der Waals surface area contributed by atoms with Crippen molar-refractivity contribution in [1.29, 1.82) is 0 Å². The minimum absolute atomic E-state index is 0.195. The van der Waals surface area contributed by atoms with E-state index in [9.17, 15) is 9.59 Å². The van der Waals surface area contributed by atoms with E-state index in [4.69, 9.17) is 9.57 Å². The van der Waals surface area contributed by atoms with Crippen molar-refractivity contribution in [2.75, 3.05) is 14.2 Å². The fourth-order valence-electron chi connectivity index (χ4n) is 2.23. The molecule has 26 heavy (non-hydrogen) atoms. The van der Waals surface area contributed by atoms with Crippen LogP contribution in [-0.2, 0) is 43.3 Å². The molecule has 0 spiro atoms. The van der Waals surface area contributed by atoms with Crippen molar-refractivity contribution in [3.8, 4) is 0 Å². The van der Waals surface area contributed by atoms with Crippen molar-refractivity contribution in [2.24, 2.45) is 5.16 Å². The lowest BCUT2D eigenvalue weighted by molar-refractivity contribution is -0.139. The van der Waals surface area contributed by atoms with E-state index in [1.165, 1.54) is 14.2 Å². The van der Waals surface area contributed by atoms with Crippen LogP contribution in [0.1, 0.15) is 16.7 Å². The minimum Gasteiger partial charge on any atom is -0.469 e. The molecule has 0 aliphatic carbocycles. The molecule has 0 aromatic heterocycles. The Kier molecular flexibility index (Phi) is 7.36. The van der Waals surface area contributed by atoms with Gasteiger partial charge >= 0.3 is 11.9 Å². The number of esters is 2. The van der Waals surface area contributed by atoms with Gasteiger partial charge in [0.15, 0.2) is 5.71 Å². The summed E-state index contributed by atoms with van der Waals surface area (Å²) in [4.78, 5) is 28.4. The minimum atomic E-state index is -0.526. The molecule has 0 radical (unpaired) electrons. The van der Waals surface area contributed by atoms with Gasteiger partial charge < -0.3 is 14.3 Å². The zero-order valence-electron chi connectivity index (χ0n) is 14.8. The van der Waals surface area contributed by atoms with Gasteiger partial charge in [-0.3, -0.25) is 4.79 Å². The lowest BCUT2D eigenvalue weighted by Crippen LogP contribution is -2.19. The van der Waals surface area contributed by atoms with E-state index in [2.05, 4.69) is 9.89 Å². The quantitative estimate of drug-likeness (QED) is 0.413. The first-order valence-electron chi connectivity index (χ1n) is 8.08. The molecule has 2 aromatic carbocycles. The predicted molar refractivity (Wildman–Crippen MR) is 96.5 cm³/mol. The normalized spacial score (nSPS) is 10.9. The number of nitrogens with zero attached hydrogens (tertiary/aromatic N) is 1. The van der Waals surface area contributed by atoms with Gasteiger partial charge in [-0.05, 0) is 16.7 Å². The second kappa shape index (κ2) is 9.98. The molecule has 2 rings (SSSR count). The van der Waals surface area contributed by atoms with Crippen molar-refractivity contribution >= 4 is 17.7 Å². The number of benzene rings is 2. The highest BCUT2D eigenvalue weighted by molar-refractivity contribution is 6.36. The van der Waals surface area contributed by atoms with Gasteiger partial charge in [0.1, 0.15) is 6.61 Å². The molecule has 0 aliphatic heterocycles. The van der Waals surface area contributed by atoms with Crippen LogP contribution in [0.4, 0.5) is 0 Å². The molecular weight excluding hydrogens is 334 g/mol. The van der Waals surface area contributed by atoms with Gasteiger partial charge in [-0.15, -0.1) is 0 Å². The first kappa shape index (κ1) is 19.2. The molecule has 0 saturated heterocycles. The maximum Gasteiger partial charge on any atom is 0.356 e. The van der Waals surface area contributed by atoms with Crippen LogP contribution in [0.3, 0.4) is 0 Å². The Morgan fingerprint density at radius 3 is 2.04 bits per heavy atom. The van der Waals surface area contributed by atoms with Gasteiger partial charge in [0.05, 0.1) is 20.6 Å². The van der Waals surface area contributed by atoms with E-state index in [0.29, 0.717) is 6.42 Å². The van der Waals surface area contributed by atoms with E-state index in [1.54, 1.807) is 0 Å². The molecule has 0 bridgehead atoms. The van der Waals surface area contributed by atoms with Crippen molar-refractivity contribution in [2.45, 2.75) is 19.4 Å². The largest absolute Gasteiger partial charge is 0.469 e. The fourth-order valence-corrected chi connectivity index (χ4v) is 2.23. The van der Waals surface area contributed by atoms with Gasteiger partial charge in [-0.25, -0.2) is 4.79 Å². The molecule has 6 heteroatoms. The average Bonchev–Trinajstić information content (AvgIpc) is 2.68. The Labute approximate surface area is 152 Å². The third kappa shape index (κ3) is 6.05. The van der Waals surface area contributed by atoms with Crippen molar-refractivity contribution in [1.82, 2.24) is 0 Å². The zero-order chi connectivity index (χ0) is 18.8. The summed E-state index contributed by atoms with van der Waals surface area (Å²) >= 11 is 0. The lowest BCUT2D eigenvalue weighted by Gasteiger charge is -2.06. The van der Waals surface area contributed by atoms with Gasteiger partial charge in [0.25, 0.3) is 0 Å². The number of carbonyl (C=O) groups is 2. The molecule has 0 unspecified atom stereocenters. The Balaban J connectivity index is 1.96. The second-order valence-corrected chi connectivity index (χ2v) is 5.53. The standard InChI is InChI=1S/C20H21NO5/c1-24-19(22)13-16-8-10-17(11-9-16)14-26-21-18(20(23)25-2)12-15-6-4-3-5-7-15/h3-11H,12-14H2,1-2H3/b21-18-. The number of oxime groups is 1. The summed E-state index contributed by atoms with van der Waals surface area (Å²) in [6.45, 7) is 0.202. The summed E-state index contributed by atoms with van der Waals surface area (Å²) in [5.41, 5.74) is 2.85. The maximum absolute atomic E-state index is 11.9. The first-order valence-corrected chi connectivity index (χ1v) is 8.08. The van der Waals surface area contributed by atoms with E-state index >= 15 is 0 Å². The lowest BCUT2D eigenvalue weighted by atomic mass is 10.1. The SMILES string of the molecule is COC(=O)Cc1ccc(CO/N=C(/Cc2ccccc2)C(=O)OC)cc1. The predicted octanol–water partition coefficient (Wildman–Crippen LogP) is 2.69. The van der Waals surface area contributed by atoms with Crippen LogP contribution in [0.5, 0.6) is 0 Å². The van der Waals surface area contributed by atoms with Crippen LogP contribution in [0, 0.1) is 0 Å². The first-order chi connectivity index (χ1) is 12.6. The maximum atomic E-state index is 11.9. The monoisotopic (exact) mass is 355 g/mol. The third-order valence-corrected chi connectivity index (χ3v) is 3.64. The van der Waals surface area contributed by atoms with Crippen LogP contribution >= 0.6 is 0 Å². The highest BCUT2D eigenvalue weighted by Gasteiger charge is 2.13. The fraction of sp³-hybridized carbons (Fsp3) is 0.250. The van der Waals surface area contributed by atoms with Crippen molar-refractivity contribution in [3.05, 3.63) is 71.3 Å². The Bertz CT molecular complexity index is 754. The van der Waals surface area contributed by atoms with Crippen LogP contribution in [0.2, 0.25) is 0 Å². The van der Waals surface area contributed by atoms with Gasteiger partial charge in [0.2, 0.25) is 0 Å². The summed E-state index contributed by atoms with van der Waals surface area (Å²) in [5.74, 6) is -0.815. The van der Waals surface area contributed by atoms with Crippen LogP contribution in [-0.4, -0.2) is 31.9 Å². The van der Waals surface area contributed by atoms with Gasteiger partial charge in [0, 0.05) is 6.42 Å². The molecule has 6 nitrogen and oxygen atoms in total. The molecule has 0 heterocycles. The van der Waals surface area contributed by atoms with Crippen LogP contribution in [0.25, 0.3) is 0 Å². The molecule has 0 fully saturated rings. The summed E-state index contributed by atoms with van der Waals surface area (Å²) < 4.78 is 9.39. The second-order valence-electron chi connectivity index (χ2n) is 5.53. The van der Waals surface area contributed by atoms with Crippen LogP contribution < -0.4 is 0 Å². The molecular formula is C20H21NO5. The Morgan fingerprint density at radius 2 is 1.42 bits per heavy atom. The third-order valence-electron chi connectivity index (χ3n) is 3.64.